The summed E-state index contributed by atoms with van der Waals surface area (Å²) in [4.78, 5) is 4.54. The molecule has 0 spiro atoms. The van der Waals surface area contributed by atoms with E-state index in [4.69, 9.17) is 0 Å². The monoisotopic (exact) mass is 266 g/mol. The Morgan fingerprint density at radius 2 is 1.80 bits per heavy atom. The lowest BCUT2D eigenvalue weighted by atomic mass is 10.1. The van der Waals surface area contributed by atoms with Gasteiger partial charge in [0.25, 0.3) is 0 Å². The molecular formula is C17H18N2O. The summed E-state index contributed by atoms with van der Waals surface area (Å²) in [5.41, 5.74) is 4.44. The van der Waals surface area contributed by atoms with E-state index in [0.29, 0.717) is 5.82 Å². The smallest absolute Gasteiger partial charge is 0.138 e. The molecule has 1 atom stereocenters. The summed E-state index contributed by atoms with van der Waals surface area (Å²) in [7, 11) is 0. The van der Waals surface area contributed by atoms with Gasteiger partial charge in [-0.25, -0.2) is 4.98 Å². The zero-order chi connectivity index (χ0) is 14.1. The molecule has 102 valence electrons. The number of para-hydroxylation sites is 2. The zero-order valence-corrected chi connectivity index (χ0v) is 11.7. The molecule has 3 heteroatoms. The molecule has 0 unspecified atom stereocenters. The minimum Gasteiger partial charge on any atom is -0.385 e. The fraction of sp³-hybridized carbons (Fsp3) is 0.235. The van der Waals surface area contributed by atoms with Gasteiger partial charge in [0, 0.05) is 6.54 Å². The van der Waals surface area contributed by atoms with Gasteiger partial charge in [0.05, 0.1) is 11.0 Å². The van der Waals surface area contributed by atoms with E-state index in [1.165, 1.54) is 11.1 Å². The summed E-state index contributed by atoms with van der Waals surface area (Å²) in [6, 6.07) is 16.5. The number of benzene rings is 2. The lowest BCUT2D eigenvalue weighted by molar-refractivity contribution is 0.185. The number of aliphatic hydroxyl groups excluding tert-OH is 1. The van der Waals surface area contributed by atoms with Gasteiger partial charge in [-0.2, -0.15) is 0 Å². The van der Waals surface area contributed by atoms with Crippen molar-refractivity contribution in [2.75, 3.05) is 0 Å². The van der Waals surface area contributed by atoms with Crippen LogP contribution in [0.25, 0.3) is 11.0 Å². The molecule has 0 aliphatic rings. The largest absolute Gasteiger partial charge is 0.385 e. The SMILES string of the molecule is Cc1ccc(Cn2c([C@@H](C)O)nc3ccccc32)cc1. The topological polar surface area (TPSA) is 38.0 Å². The van der Waals surface area contributed by atoms with Crippen molar-refractivity contribution in [2.24, 2.45) is 0 Å². The molecule has 0 amide bonds. The highest BCUT2D eigenvalue weighted by Gasteiger charge is 2.14. The molecule has 1 aromatic heterocycles. The predicted molar refractivity (Wildman–Crippen MR) is 80.6 cm³/mol. The number of fused-ring (bicyclic) bond motifs is 1. The Hall–Kier alpha value is -2.13. The second-order valence-electron chi connectivity index (χ2n) is 5.21. The number of hydrogen-bond donors (Lipinski definition) is 1. The molecule has 0 bridgehead atoms. The third-order valence-corrected chi connectivity index (χ3v) is 3.52. The summed E-state index contributed by atoms with van der Waals surface area (Å²) in [6.45, 7) is 4.56. The van der Waals surface area contributed by atoms with Crippen LogP contribution < -0.4 is 0 Å². The first-order valence-electron chi connectivity index (χ1n) is 6.84. The van der Waals surface area contributed by atoms with Crippen LogP contribution in [0.4, 0.5) is 0 Å². The molecule has 0 saturated heterocycles. The fourth-order valence-electron chi connectivity index (χ4n) is 2.46. The van der Waals surface area contributed by atoms with E-state index in [2.05, 4.69) is 40.7 Å². The first-order chi connectivity index (χ1) is 9.65. The molecule has 0 radical (unpaired) electrons. The molecule has 0 saturated carbocycles. The lowest BCUT2D eigenvalue weighted by Crippen LogP contribution is -2.07. The zero-order valence-electron chi connectivity index (χ0n) is 11.7. The fourth-order valence-corrected chi connectivity index (χ4v) is 2.46. The van der Waals surface area contributed by atoms with Gasteiger partial charge in [-0.05, 0) is 31.5 Å². The van der Waals surface area contributed by atoms with Gasteiger partial charge in [-0.1, -0.05) is 42.0 Å². The van der Waals surface area contributed by atoms with E-state index in [1.54, 1.807) is 6.92 Å². The van der Waals surface area contributed by atoms with Crippen molar-refractivity contribution in [1.82, 2.24) is 9.55 Å². The van der Waals surface area contributed by atoms with Crippen LogP contribution in [0.3, 0.4) is 0 Å². The van der Waals surface area contributed by atoms with E-state index in [-0.39, 0.29) is 0 Å². The number of aromatic nitrogens is 2. The number of aliphatic hydroxyl groups is 1. The summed E-state index contributed by atoms with van der Waals surface area (Å²) >= 11 is 0. The molecule has 20 heavy (non-hydrogen) atoms. The molecule has 1 N–H and O–H groups in total. The van der Waals surface area contributed by atoms with E-state index in [0.717, 1.165) is 17.6 Å². The molecule has 3 aromatic rings. The maximum absolute atomic E-state index is 9.94. The number of nitrogens with zero attached hydrogens (tertiary/aromatic N) is 2. The molecule has 0 fully saturated rings. The Bertz CT molecular complexity index is 726. The minimum absolute atomic E-state index is 0.576. The van der Waals surface area contributed by atoms with E-state index in [1.807, 2.05) is 24.3 Å². The Morgan fingerprint density at radius 1 is 1.10 bits per heavy atom. The van der Waals surface area contributed by atoms with Crippen molar-refractivity contribution in [3.8, 4) is 0 Å². The quantitative estimate of drug-likeness (QED) is 0.788. The van der Waals surface area contributed by atoms with Crippen LogP contribution >= 0.6 is 0 Å². The third-order valence-electron chi connectivity index (χ3n) is 3.52. The number of hydrogen-bond acceptors (Lipinski definition) is 2. The molecule has 1 heterocycles. The average Bonchev–Trinajstić information content (AvgIpc) is 2.81. The normalized spacial score (nSPS) is 12.8. The van der Waals surface area contributed by atoms with Crippen LogP contribution in [0, 0.1) is 6.92 Å². The summed E-state index contributed by atoms with van der Waals surface area (Å²) < 4.78 is 2.09. The second kappa shape index (κ2) is 5.10. The molecule has 3 nitrogen and oxygen atoms in total. The van der Waals surface area contributed by atoms with Gasteiger partial charge in [0.2, 0.25) is 0 Å². The van der Waals surface area contributed by atoms with Gasteiger partial charge in [-0.15, -0.1) is 0 Å². The van der Waals surface area contributed by atoms with E-state index >= 15 is 0 Å². The molecule has 3 rings (SSSR count). The maximum atomic E-state index is 9.94. The van der Waals surface area contributed by atoms with Crippen LogP contribution in [0.2, 0.25) is 0 Å². The standard InChI is InChI=1S/C17H18N2O/c1-12-7-9-14(10-8-12)11-19-16-6-4-3-5-15(16)18-17(19)13(2)20/h3-10,13,20H,11H2,1-2H3/t13-/m1/s1. The molecule has 2 aromatic carbocycles. The van der Waals surface area contributed by atoms with Crippen LogP contribution in [-0.4, -0.2) is 14.7 Å². The van der Waals surface area contributed by atoms with Crippen molar-refractivity contribution >= 4 is 11.0 Å². The van der Waals surface area contributed by atoms with Gasteiger partial charge in [0.1, 0.15) is 11.9 Å². The first-order valence-corrected chi connectivity index (χ1v) is 6.84. The highest BCUT2D eigenvalue weighted by Crippen LogP contribution is 2.22. The number of imidazole rings is 1. The lowest BCUT2D eigenvalue weighted by Gasteiger charge is -2.11. The van der Waals surface area contributed by atoms with Crippen molar-refractivity contribution in [3.63, 3.8) is 0 Å². The summed E-state index contributed by atoms with van der Waals surface area (Å²) in [5, 5.41) is 9.94. The Balaban J connectivity index is 2.09. The van der Waals surface area contributed by atoms with Gasteiger partial charge in [-0.3, -0.25) is 0 Å². The summed E-state index contributed by atoms with van der Waals surface area (Å²) in [6.07, 6.45) is -0.576. The van der Waals surface area contributed by atoms with Crippen LogP contribution in [-0.2, 0) is 6.54 Å². The van der Waals surface area contributed by atoms with Crippen LogP contribution in [0.5, 0.6) is 0 Å². The summed E-state index contributed by atoms with van der Waals surface area (Å²) in [5.74, 6) is 0.715. The first kappa shape index (κ1) is 12.9. The average molecular weight is 266 g/mol. The number of aryl methyl sites for hydroxylation is 1. The Kier molecular flexibility index (Phi) is 3.28. The van der Waals surface area contributed by atoms with Crippen molar-refractivity contribution in [1.29, 1.82) is 0 Å². The maximum Gasteiger partial charge on any atom is 0.138 e. The van der Waals surface area contributed by atoms with E-state index < -0.39 is 6.10 Å². The number of rotatable bonds is 3. The van der Waals surface area contributed by atoms with Gasteiger partial charge in [0.15, 0.2) is 0 Å². The van der Waals surface area contributed by atoms with Crippen molar-refractivity contribution in [3.05, 3.63) is 65.5 Å². The van der Waals surface area contributed by atoms with Crippen LogP contribution in [0.15, 0.2) is 48.5 Å². The van der Waals surface area contributed by atoms with Gasteiger partial charge < -0.3 is 9.67 Å². The van der Waals surface area contributed by atoms with Crippen molar-refractivity contribution in [2.45, 2.75) is 26.5 Å². The third kappa shape index (κ3) is 2.32. The minimum atomic E-state index is -0.576. The predicted octanol–water partition coefficient (Wildman–Crippen LogP) is 3.45. The Labute approximate surface area is 118 Å². The highest BCUT2D eigenvalue weighted by atomic mass is 16.3. The molecule has 0 aliphatic carbocycles. The Morgan fingerprint density at radius 3 is 2.50 bits per heavy atom. The van der Waals surface area contributed by atoms with E-state index in [9.17, 15) is 5.11 Å². The van der Waals surface area contributed by atoms with Crippen molar-refractivity contribution < 1.29 is 5.11 Å². The van der Waals surface area contributed by atoms with Gasteiger partial charge >= 0.3 is 0 Å². The highest BCUT2D eigenvalue weighted by molar-refractivity contribution is 5.76. The second-order valence-corrected chi connectivity index (χ2v) is 5.21. The molecule has 0 aliphatic heterocycles. The molecular weight excluding hydrogens is 248 g/mol. The van der Waals surface area contributed by atoms with Crippen LogP contribution in [0.1, 0.15) is 30.0 Å².